The predicted molar refractivity (Wildman–Crippen MR) is 92.0 cm³/mol. The highest BCUT2D eigenvalue weighted by Crippen LogP contribution is 2.28. The molecule has 0 aliphatic carbocycles. The lowest BCUT2D eigenvalue weighted by atomic mass is 10.1. The minimum absolute atomic E-state index is 0.0101. The summed E-state index contributed by atoms with van der Waals surface area (Å²) in [5.74, 6) is -0.0376. The summed E-state index contributed by atoms with van der Waals surface area (Å²) in [5.41, 5.74) is 0.715. The second kappa shape index (κ2) is 5.98. The molecule has 8 heteroatoms. The second-order valence-electron chi connectivity index (χ2n) is 5.74. The number of hydrogen-bond acceptors (Lipinski definition) is 5. The molecule has 0 unspecified atom stereocenters. The molecule has 0 saturated carbocycles. The summed E-state index contributed by atoms with van der Waals surface area (Å²) in [6, 6.07) is 9.09. The lowest BCUT2D eigenvalue weighted by molar-refractivity contribution is 0.0699. The fourth-order valence-corrected chi connectivity index (χ4v) is 3.38. The Balaban J connectivity index is 2.28. The molecule has 7 nitrogen and oxygen atoms in total. The Morgan fingerprint density at radius 2 is 1.88 bits per heavy atom. The third kappa shape index (κ3) is 3.01. The number of carboxylic acid groups (broad SMARTS) is 1. The van der Waals surface area contributed by atoms with Crippen LogP contribution in [0, 0.1) is 6.92 Å². The standard InChI is InChI=1S/C17H16N2O5S/c1-10-4-7-16(24-10)15-9-13(17(20)21)12-8-11(5-6-14(12)18-15)25(22,23)19(2)3/h4-9H,1-3H3,(H,20,21). The molecule has 0 bridgehead atoms. The zero-order chi connectivity index (χ0) is 18.4. The quantitative estimate of drug-likeness (QED) is 0.768. The average molecular weight is 360 g/mol. The number of sulfonamides is 1. The number of furan rings is 1. The van der Waals surface area contributed by atoms with E-state index in [-0.39, 0.29) is 15.8 Å². The van der Waals surface area contributed by atoms with Crippen LogP contribution in [-0.4, -0.2) is 42.9 Å². The van der Waals surface area contributed by atoms with Crippen molar-refractivity contribution >= 4 is 26.9 Å². The average Bonchev–Trinajstić information content (AvgIpc) is 2.99. The zero-order valence-electron chi connectivity index (χ0n) is 13.8. The van der Waals surface area contributed by atoms with Gasteiger partial charge in [-0.3, -0.25) is 0 Å². The first-order valence-electron chi connectivity index (χ1n) is 7.37. The summed E-state index contributed by atoms with van der Waals surface area (Å²) in [4.78, 5) is 16.1. The van der Waals surface area contributed by atoms with Crippen LogP contribution < -0.4 is 0 Å². The lowest BCUT2D eigenvalue weighted by Crippen LogP contribution is -2.22. The van der Waals surface area contributed by atoms with Gasteiger partial charge in [-0.2, -0.15) is 0 Å². The SMILES string of the molecule is Cc1ccc(-c2cc(C(=O)O)c3cc(S(=O)(=O)N(C)C)ccc3n2)o1. The van der Waals surface area contributed by atoms with Crippen LogP contribution in [-0.2, 0) is 10.0 Å². The molecular weight excluding hydrogens is 344 g/mol. The van der Waals surface area contributed by atoms with Gasteiger partial charge in [0.25, 0.3) is 0 Å². The van der Waals surface area contributed by atoms with E-state index >= 15 is 0 Å². The van der Waals surface area contributed by atoms with Crippen LogP contribution in [0.5, 0.6) is 0 Å². The second-order valence-corrected chi connectivity index (χ2v) is 7.89. The van der Waals surface area contributed by atoms with Gasteiger partial charge in [0, 0.05) is 19.5 Å². The number of carboxylic acids is 1. The number of carbonyl (C=O) groups is 1. The van der Waals surface area contributed by atoms with Crippen LogP contribution in [0.2, 0.25) is 0 Å². The van der Waals surface area contributed by atoms with E-state index < -0.39 is 16.0 Å². The van der Waals surface area contributed by atoms with Crippen LogP contribution >= 0.6 is 0 Å². The van der Waals surface area contributed by atoms with Gasteiger partial charge in [0.15, 0.2) is 5.76 Å². The predicted octanol–water partition coefficient (Wildman–Crippen LogP) is 2.75. The smallest absolute Gasteiger partial charge is 0.336 e. The highest BCUT2D eigenvalue weighted by atomic mass is 32.2. The Kier molecular flexibility index (Phi) is 4.09. The maximum Gasteiger partial charge on any atom is 0.336 e. The van der Waals surface area contributed by atoms with Gasteiger partial charge in [-0.15, -0.1) is 0 Å². The Morgan fingerprint density at radius 3 is 2.44 bits per heavy atom. The van der Waals surface area contributed by atoms with Crippen molar-refractivity contribution in [3.05, 3.63) is 47.7 Å². The van der Waals surface area contributed by atoms with Gasteiger partial charge >= 0.3 is 5.97 Å². The van der Waals surface area contributed by atoms with Gasteiger partial charge in [-0.05, 0) is 43.3 Å². The molecule has 1 aromatic carbocycles. The Bertz CT molecular complexity index is 1080. The molecule has 2 heterocycles. The third-order valence-corrected chi connectivity index (χ3v) is 5.59. The number of pyridine rings is 1. The summed E-state index contributed by atoms with van der Waals surface area (Å²) < 4.78 is 31.2. The normalized spacial score (nSPS) is 12.0. The number of hydrogen-bond donors (Lipinski definition) is 1. The topological polar surface area (TPSA) is 101 Å². The molecule has 1 N–H and O–H groups in total. The monoisotopic (exact) mass is 360 g/mol. The van der Waals surface area contributed by atoms with E-state index in [1.807, 2.05) is 0 Å². The molecule has 0 saturated heterocycles. The van der Waals surface area contributed by atoms with Crippen LogP contribution in [0.1, 0.15) is 16.1 Å². The number of fused-ring (bicyclic) bond motifs is 1. The molecule has 130 valence electrons. The Morgan fingerprint density at radius 1 is 1.16 bits per heavy atom. The molecule has 0 aliphatic rings. The summed E-state index contributed by atoms with van der Waals surface area (Å²) in [6.07, 6.45) is 0. The van der Waals surface area contributed by atoms with E-state index in [0.717, 1.165) is 4.31 Å². The maximum atomic E-state index is 12.3. The van der Waals surface area contributed by atoms with Gasteiger partial charge in [-0.1, -0.05) is 0 Å². The maximum absolute atomic E-state index is 12.3. The minimum atomic E-state index is -3.68. The lowest BCUT2D eigenvalue weighted by Gasteiger charge is -2.12. The fourth-order valence-electron chi connectivity index (χ4n) is 2.45. The summed E-state index contributed by atoms with van der Waals surface area (Å²) in [7, 11) is -0.846. The first-order valence-corrected chi connectivity index (χ1v) is 8.81. The van der Waals surface area contributed by atoms with Gasteiger partial charge in [-0.25, -0.2) is 22.5 Å². The third-order valence-electron chi connectivity index (χ3n) is 3.78. The molecule has 0 radical (unpaired) electrons. The zero-order valence-corrected chi connectivity index (χ0v) is 14.7. The molecule has 0 atom stereocenters. The van der Waals surface area contributed by atoms with Crippen molar-refractivity contribution in [2.24, 2.45) is 0 Å². The first kappa shape index (κ1) is 17.1. The summed E-state index contributed by atoms with van der Waals surface area (Å²) >= 11 is 0. The van der Waals surface area contributed by atoms with Crippen LogP contribution in [0.4, 0.5) is 0 Å². The van der Waals surface area contributed by atoms with Crippen molar-refractivity contribution in [1.29, 1.82) is 0 Å². The van der Waals surface area contributed by atoms with Crippen molar-refractivity contribution < 1.29 is 22.7 Å². The Labute approximate surface area is 144 Å². The van der Waals surface area contributed by atoms with Gasteiger partial charge in [0.1, 0.15) is 11.5 Å². The molecular formula is C17H16N2O5S. The van der Waals surface area contributed by atoms with Gasteiger partial charge in [0.05, 0.1) is 16.0 Å². The molecule has 3 aromatic rings. The number of nitrogens with zero attached hydrogens (tertiary/aromatic N) is 2. The molecule has 25 heavy (non-hydrogen) atoms. The minimum Gasteiger partial charge on any atom is -0.478 e. The van der Waals surface area contributed by atoms with Crippen molar-refractivity contribution in [1.82, 2.24) is 9.29 Å². The number of benzene rings is 1. The fraction of sp³-hybridized carbons (Fsp3) is 0.176. The van der Waals surface area contributed by atoms with E-state index in [1.165, 1.54) is 38.4 Å². The van der Waals surface area contributed by atoms with Crippen molar-refractivity contribution in [2.75, 3.05) is 14.1 Å². The van der Waals surface area contributed by atoms with Gasteiger partial charge in [0.2, 0.25) is 10.0 Å². The summed E-state index contributed by atoms with van der Waals surface area (Å²) in [6.45, 7) is 1.78. The van der Waals surface area contributed by atoms with E-state index in [1.54, 1.807) is 19.1 Å². The highest BCUT2D eigenvalue weighted by molar-refractivity contribution is 7.89. The molecule has 0 aliphatic heterocycles. The van der Waals surface area contributed by atoms with Crippen LogP contribution in [0.15, 0.2) is 45.7 Å². The summed E-state index contributed by atoms with van der Waals surface area (Å²) in [5, 5.41) is 9.80. The molecule has 0 spiro atoms. The largest absolute Gasteiger partial charge is 0.478 e. The van der Waals surface area contributed by atoms with E-state index in [0.29, 0.717) is 22.7 Å². The molecule has 0 fully saturated rings. The van der Waals surface area contributed by atoms with Gasteiger partial charge < -0.3 is 9.52 Å². The van der Waals surface area contributed by atoms with Crippen molar-refractivity contribution in [3.8, 4) is 11.5 Å². The number of aryl methyl sites for hydroxylation is 1. The van der Waals surface area contributed by atoms with Crippen molar-refractivity contribution in [2.45, 2.75) is 11.8 Å². The van der Waals surface area contributed by atoms with Crippen LogP contribution in [0.3, 0.4) is 0 Å². The number of rotatable bonds is 4. The van der Waals surface area contributed by atoms with E-state index in [9.17, 15) is 18.3 Å². The van der Waals surface area contributed by atoms with Crippen molar-refractivity contribution in [3.63, 3.8) is 0 Å². The molecule has 3 rings (SSSR count). The first-order chi connectivity index (χ1) is 11.7. The van der Waals surface area contributed by atoms with E-state index in [4.69, 9.17) is 4.42 Å². The molecule has 0 amide bonds. The highest BCUT2D eigenvalue weighted by Gasteiger charge is 2.21. The van der Waals surface area contributed by atoms with E-state index in [2.05, 4.69) is 4.98 Å². The molecule has 2 aromatic heterocycles. The number of aromatic carboxylic acids is 1. The number of aromatic nitrogens is 1. The van der Waals surface area contributed by atoms with Crippen LogP contribution in [0.25, 0.3) is 22.4 Å². The Hall–Kier alpha value is -2.71.